The maximum absolute atomic E-state index is 12.5. The zero-order valence-corrected chi connectivity index (χ0v) is 16.6. The SMILES string of the molecule is Nc1nc(C(N=O)C(=O)NC2C(=O)N(S(=O)(=O)O)C2Cn2nc3c(n2)CNC3)cs1. The molecule has 2 aromatic rings. The molecular weight excluding hydrogens is 442 g/mol. The number of rotatable bonds is 7. The molecule has 2 aromatic heterocycles. The standard InChI is InChI=1S/C13H15N9O6S2/c14-13-16-7(4-29-13)9(20-25)11(23)17-10-8(22(12(10)24)30(26,27)28)3-21-18-5-1-15-2-6(5)19-21/h4,8-10,15H,1-3H2,(H2,14,16)(H,17,23)(H,26,27,28). The maximum atomic E-state index is 12.5. The number of aromatic nitrogens is 4. The molecule has 0 spiro atoms. The van der Waals surface area contributed by atoms with Crippen LogP contribution in [0.1, 0.15) is 23.1 Å². The van der Waals surface area contributed by atoms with Crippen LogP contribution in [0.4, 0.5) is 5.13 Å². The average molecular weight is 457 g/mol. The number of hydrogen-bond acceptors (Lipinski definition) is 12. The Labute approximate surface area is 172 Å². The Morgan fingerprint density at radius 3 is 2.63 bits per heavy atom. The van der Waals surface area contributed by atoms with E-state index in [1.807, 2.05) is 0 Å². The van der Waals surface area contributed by atoms with Crippen molar-refractivity contribution in [3.05, 3.63) is 27.4 Å². The third-order valence-electron chi connectivity index (χ3n) is 4.63. The molecule has 5 N–H and O–H groups in total. The van der Waals surface area contributed by atoms with E-state index in [0.29, 0.717) is 24.5 Å². The third kappa shape index (κ3) is 3.51. The first-order valence-electron chi connectivity index (χ1n) is 8.47. The smallest absolute Gasteiger partial charge is 0.362 e. The number of fused-ring (bicyclic) bond motifs is 1. The van der Waals surface area contributed by atoms with E-state index >= 15 is 0 Å². The first kappa shape index (κ1) is 20.3. The number of nitrogens with zero attached hydrogens (tertiary/aromatic N) is 6. The zero-order valence-electron chi connectivity index (χ0n) is 15.0. The van der Waals surface area contributed by atoms with Crippen LogP contribution in [0.3, 0.4) is 0 Å². The van der Waals surface area contributed by atoms with E-state index in [4.69, 9.17) is 5.73 Å². The number of carbonyl (C=O) groups is 2. The lowest BCUT2D eigenvalue weighted by Crippen LogP contribution is -2.73. The van der Waals surface area contributed by atoms with Gasteiger partial charge in [-0.25, -0.2) is 9.29 Å². The van der Waals surface area contributed by atoms with Crippen molar-refractivity contribution in [3.63, 3.8) is 0 Å². The lowest BCUT2D eigenvalue weighted by molar-refractivity contribution is -0.146. The molecule has 30 heavy (non-hydrogen) atoms. The number of nitrogens with two attached hydrogens (primary N) is 1. The Bertz CT molecular complexity index is 1110. The van der Waals surface area contributed by atoms with E-state index in [0.717, 1.165) is 11.3 Å². The summed E-state index contributed by atoms with van der Waals surface area (Å²) in [7, 11) is -4.88. The summed E-state index contributed by atoms with van der Waals surface area (Å²) in [6, 6.07) is -4.13. The third-order valence-corrected chi connectivity index (χ3v) is 6.27. The summed E-state index contributed by atoms with van der Waals surface area (Å²) in [5.41, 5.74) is 6.83. The normalized spacial score (nSPS) is 21.8. The minimum Gasteiger partial charge on any atom is -0.375 e. The predicted molar refractivity (Wildman–Crippen MR) is 99.7 cm³/mol. The first-order chi connectivity index (χ1) is 14.2. The van der Waals surface area contributed by atoms with Gasteiger partial charge in [0.1, 0.15) is 23.5 Å². The van der Waals surface area contributed by atoms with Crippen LogP contribution in [0.15, 0.2) is 10.6 Å². The van der Waals surface area contributed by atoms with Crippen molar-refractivity contribution in [2.45, 2.75) is 37.8 Å². The van der Waals surface area contributed by atoms with Crippen LogP contribution in [-0.2, 0) is 39.5 Å². The second-order valence-corrected chi connectivity index (χ2v) is 8.71. The molecule has 2 aliphatic heterocycles. The van der Waals surface area contributed by atoms with Gasteiger partial charge in [-0.15, -0.1) is 16.2 Å². The van der Waals surface area contributed by atoms with E-state index in [2.05, 4.69) is 31.0 Å². The predicted octanol–water partition coefficient (Wildman–Crippen LogP) is -2.07. The lowest BCUT2D eigenvalue weighted by Gasteiger charge is -2.43. The van der Waals surface area contributed by atoms with Crippen molar-refractivity contribution in [2.24, 2.45) is 5.18 Å². The summed E-state index contributed by atoms with van der Waals surface area (Å²) in [6.07, 6.45) is 0. The molecule has 2 amide bonds. The summed E-state index contributed by atoms with van der Waals surface area (Å²) in [5, 5.41) is 17.9. The van der Waals surface area contributed by atoms with E-state index in [-0.39, 0.29) is 21.7 Å². The Kier molecular flexibility index (Phi) is 4.96. The topological polar surface area (TPSA) is 215 Å². The molecule has 0 saturated carbocycles. The molecule has 3 atom stereocenters. The van der Waals surface area contributed by atoms with E-state index in [9.17, 15) is 27.5 Å². The van der Waals surface area contributed by atoms with Gasteiger partial charge in [-0.1, -0.05) is 0 Å². The molecule has 15 nitrogen and oxygen atoms in total. The molecule has 3 unspecified atom stereocenters. The average Bonchev–Trinajstić information content (AvgIpc) is 3.35. The second-order valence-electron chi connectivity index (χ2n) is 6.54. The monoisotopic (exact) mass is 457 g/mol. The minimum absolute atomic E-state index is 0.00220. The minimum atomic E-state index is -4.88. The van der Waals surface area contributed by atoms with Gasteiger partial charge in [-0.05, 0) is 5.18 Å². The fraction of sp³-hybridized carbons (Fsp3) is 0.462. The van der Waals surface area contributed by atoms with Crippen LogP contribution >= 0.6 is 11.3 Å². The Morgan fingerprint density at radius 1 is 1.43 bits per heavy atom. The van der Waals surface area contributed by atoms with Crippen molar-refractivity contribution < 1.29 is 22.6 Å². The molecule has 0 bridgehead atoms. The lowest BCUT2D eigenvalue weighted by atomic mass is 9.98. The molecule has 0 aliphatic carbocycles. The highest BCUT2D eigenvalue weighted by Crippen LogP contribution is 2.27. The molecule has 4 rings (SSSR count). The van der Waals surface area contributed by atoms with E-state index < -0.39 is 40.2 Å². The van der Waals surface area contributed by atoms with Gasteiger partial charge in [0.25, 0.3) is 11.8 Å². The molecule has 0 aromatic carbocycles. The van der Waals surface area contributed by atoms with Crippen LogP contribution in [0, 0.1) is 4.91 Å². The highest BCUT2D eigenvalue weighted by molar-refractivity contribution is 7.84. The van der Waals surface area contributed by atoms with Gasteiger partial charge in [0.2, 0.25) is 6.04 Å². The van der Waals surface area contributed by atoms with Crippen LogP contribution < -0.4 is 16.4 Å². The molecule has 0 radical (unpaired) electrons. The Balaban J connectivity index is 1.54. The van der Waals surface area contributed by atoms with E-state index in [1.54, 1.807) is 0 Å². The summed E-state index contributed by atoms with van der Waals surface area (Å²) in [4.78, 5) is 41.0. The second kappa shape index (κ2) is 7.35. The largest absolute Gasteiger partial charge is 0.375 e. The van der Waals surface area contributed by atoms with E-state index in [1.165, 1.54) is 10.2 Å². The molecule has 4 heterocycles. The van der Waals surface area contributed by atoms with Gasteiger partial charge >= 0.3 is 10.3 Å². The van der Waals surface area contributed by atoms with Gasteiger partial charge in [0.05, 0.1) is 12.2 Å². The number of carbonyl (C=O) groups excluding carboxylic acids is 2. The van der Waals surface area contributed by atoms with Crippen LogP contribution in [0.2, 0.25) is 0 Å². The van der Waals surface area contributed by atoms with Gasteiger partial charge in [0.15, 0.2) is 5.13 Å². The zero-order chi connectivity index (χ0) is 21.6. The number of anilines is 1. The highest BCUT2D eigenvalue weighted by atomic mass is 32.2. The summed E-state index contributed by atoms with van der Waals surface area (Å²) < 4.78 is 32.8. The van der Waals surface area contributed by atoms with Crippen molar-refractivity contribution in [1.29, 1.82) is 0 Å². The number of nitroso groups, excluding NO2 is 1. The van der Waals surface area contributed by atoms with Gasteiger partial charge in [-0.3, -0.25) is 14.1 Å². The summed E-state index contributed by atoms with van der Waals surface area (Å²) in [5.74, 6) is -2.03. The molecule has 2 aliphatic rings. The van der Waals surface area contributed by atoms with Crippen LogP contribution in [-0.4, -0.2) is 61.2 Å². The quantitative estimate of drug-likeness (QED) is 0.201. The molecule has 160 valence electrons. The van der Waals surface area contributed by atoms with Crippen LogP contribution in [0.5, 0.6) is 0 Å². The molecule has 1 saturated heterocycles. The van der Waals surface area contributed by atoms with Gasteiger partial charge in [-0.2, -0.15) is 23.4 Å². The van der Waals surface area contributed by atoms with Gasteiger partial charge < -0.3 is 16.4 Å². The number of amides is 2. The fourth-order valence-electron chi connectivity index (χ4n) is 3.27. The molecule has 1 fully saturated rings. The number of nitrogens with one attached hydrogen (secondary N) is 2. The fourth-order valence-corrected chi connectivity index (χ4v) is 4.73. The highest BCUT2D eigenvalue weighted by Gasteiger charge is 2.55. The maximum Gasteiger partial charge on any atom is 0.362 e. The van der Waals surface area contributed by atoms with Crippen molar-refractivity contribution in [3.8, 4) is 0 Å². The molecular formula is C13H15N9O6S2. The van der Waals surface area contributed by atoms with Crippen LogP contribution in [0.25, 0.3) is 0 Å². The summed E-state index contributed by atoms with van der Waals surface area (Å²) >= 11 is 0.997. The number of hydrogen-bond donors (Lipinski definition) is 4. The van der Waals surface area contributed by atoms with Crippen molar-refractivity contribution in [2.75, 3.05) is 5.73 Å². The molecule has 17 heteroatoms. The first-order valence-corrected chi connectivity index (χ1v) is 10.7. The number of β-lactam (4-membered cyclic amide) rings is 1. The van der Waals surface area contributed by atoms with Crippen molar-refractivity contribution >= 4 is 38.6 Å². The van der Waals surface area contributed by atoms with Crippen molar-refractivity contribution in [1.82, 2.24) is 34.9 Å². The van der Waals surface area contributed by atoms with Gasteiger partial charge in [0, 0.05) is 18.5 Å². The number of thiazole rings is 1. The summed E-state index contributed by atoms with van der Waals surface area (Å²) in [6.45, 7) is 0.765. The Morgan fingerprint density at radius 2 is 2.10 bits per heavy atom. The Hall–Kier alpha value is -3.02. The number of nitrogen functional groups attached to an aromatic ring is 1.